The monoisotopic (exact) mass is 288 g/mol. The van der Waals surface area contributed by atoms with E-state index >= 15 is 0 Å². The number of carbonyl (C=O) groups is 1. The van der Waals surface area contributed by atoms with Crippen LogP contribution in [0.4, 0.5) is 0 Å². The Balaban J connectivity index is 2.17. The number of nitrogens with one attached hydrogen (secondary N) is 1. The van der Waals surface area contributed by atoms with Crippen LogP contribution in [0.25, 0.3) is 0 Å². The molecule has 0 aliphatic carbocycles. The Hall–Kier alpha value is -1.35. The highest BCUT2D eigenvalue weighted by Crippen LogP contribution is 2.30. The number of nitrogens with zero attached hydrogens (tertiary/aromatic N) is 1. The van der Waals surface area contributed by atoms with Crippen molar-refractivity contribution in [2.45, 2.75) is 45.1 Å². The Morgan fingerprint density at radius 1 is 1.29 bits per heavy atom. The Bertz CT molecular complexity index is 440. The van der Waals surface area contributed by atoms with Crippen molar-refractivity contribution in [1.82, 2.24) is 10.2 Å². The lowest BCUT2D eigenvalue weighted by molar-refractivity contribution is -0.135. The summed E-state index contributed by atoms with van der Waals surface area (Å²) >= 11 is 0. The second kappa shape index (κ2) is 7.60. The third-order valence-corrected chi connectivity index (χ3v) is 4.84. The quantitative estimate of drug-likeness (QED) is 0.903. The summed E-state index contributed by atoms with van der Waals surface area (Å²) in [6.07, 6.45) is 3.14. The van der Waals surface area contributed by atoms with E-state index in [2.05, 4.69) is 31.3 Å². The molecule has 2 atom stereocenters. The second-order valence-electron chi connectivity index (χ2n) is 6.20. The highest BCUT2D eigenvalue weighted by atomic mass is 16.2. The Labute approximate surface area is 128 Å². The van der Waals surface area contributed by atoms with Crippen LogP contribution >= 0.6 is 0 Å². The van der Waals surface area contributed by atoms with Crippen molar-refractivity contribution in [1.29, 1.82) is 0 Å². The zero-order valence-electron chi connectivity index (χ0n) is 13.5. The molecule has 1 saturated heterocycles. The predicted octanol–water partition coefficient (Wildman–Crippen LogP) is 3.03. The fourth-order valence-corrected chi connectivity index (χ4v) is 3.20. The van der Waals surface area contributed by atoms with Gasteiger partial charge in [-0.05, 0) is 37.4 Å². The normalized spacial score (nSPS) is 19.0. The minimum atomic E-state index is -0.0175. The molecule has 21 heavy (non-hydrogen) atoms. The molecule has 0 aromatic heterocycles. The lowest BCUT2D eigenvalue weighted by Gasteiger charge is -2.35. The lowest BCUT2D eigenvalue weighted by Crippen LogP contribution is -2.46. The molecule has 1 N–H and O–H groups in total. The van der Waals surface area contributed by atoms with E-state index < -0.39 is 0 Å². The van der Waals surface area contributed by atoms with Crippen molar-refractivity contribution in [2.24, 2.45) is 5.92 Å². The molecule has 1 aromatic carbocycles. The largest absolute Gasteiger partial charge is 0.342 e. The second-order valence-corrected chi connectivity index (χ2v) is 6.20. The Morgan fingerprint density at radius 3 is 2.48 bits per heavy atom. The average Bonchev–Trinajstić information content (AvgIpc) is 2.55. The number of rotatable bonds is 5. The van der Waals surface area contributed by atoms with Crippen LogP contribution in [0.3, 0.4) is 0 Å². The maximum atomic E-state index is 13.0. The summed E-state index contributed by atoms with van der Waals surface area (Å²) in [5, 5.41) is 3.37. The van der Waals surface area contributed by atoms with E-state index in [1.54, 1.807) is 0 Å². The zero-order valence-corrected chi connectivity index (χ0v) is 13.5. The van der Waals surface area contributed by atoms with Crippen molar-refractivity contribution in [2.75, 3.05) is 20.1 Å². The average molecular weight is 288 g/mol. The minimum Gasteiger partial charge on any atom is -0.342 e. The van der Waals surface area contributed by atoms with Crippen LogP contribution in [0.1, 0.15) is 44.6 Å². The molecule has 2 unspecified atom stereocenters. The van der Waals surface area contributed by atoms with Gasteiger partial charge in [-0.25, -0.2) is 0 Å². The van der Waals surface area contributed by atoms with Crippen molar-refractivity contribution < 1.29 is 4.79 Å². The summed E-state index contributed by atoms with van der Waals surface area (Å²) in [5.74, 6) is 0.627. The van der Waals surface area contributed by atoms with Crippen molar-refractivity contribution in [3.63, 3.8) is 0 Å². The molecule has 0 bridgehead atoms. The minimum absolute atomic E-state index is 0.0175. The zero-order chi connectivity index (χ0) is 15.2. The molecule has 116 valence electrons. The van der Waals surface area contributed by atoms with E-state index in [4.69, 9.17) is 0 Å². The molecule has 1 fully saturated rings. The molecule has 3 nitrogen and oxygen atoms in total. The highest BCUT2D eigenvalue weighted by Gasteiger charge is 2.31. The van der Waals surface area contributed by atoms with E-state index in [0.717, 1.165) is 37.9 Å². The van der Waals surface area contributed by atoms with Gasteiger partial charge in [0.05, 0.1) is 5.92 Å². The van der Waals surface area contributed by atoms with Crippen molar-refractivity contribution in [3.8, 4) is 0 Å². The van der Waals surface area contributed by atoms with Gasteiger partial charge in [-0.15, -0.1) is 0 Å². The number of benzene rings is 1. The molecule has 0 saturated carbocycles. The summed E-state index contributed by atoms with van der Waals surface area (Å²) in [4.78, 5) is 15.1. The van der Waals surface area contributed by atoms with Crippen LogP contribution in [-0.2, 0) is 4.79 Å². The molecule has 2 rings (SSSR count). The summed E-state index contributed by atoms with van der Waals surface area (Å²) in [7, 11) is 1.98. The van der Waals surface area contributed by atoms with Gasteiger partial charge < -0.3 is 10.2 Å². The van der Waals surface area contributed by atoms with Gasteiger partial charge in [0.2, 0.25) is 5.91 Å². The van der Waals surface area contributed by atoms with E-state index in [1.807, 2.05) is 30.1 Å². The molecule has 1 amide bonds. The maximum absolute atomic E-state index is 13.0. The third kappa shape index (κ3) is 3.85. The van der Waals surface area contributed by atoms with Crippen LogP contribution in [-0.4, -0.2) is 37.0 Å². The van der Waals surface area contributed by atoms with Gasteiger partial charge in [0.15, 0.2) is 0 Å². The van der Waals surface area contributed by atoms with Crippen molar-refractivity contribution in [3.05, 3.63) is 35.9 Å². The van der Waals surface area contributed by atoms with E-state index in [9.17, 15) is 4.79 Å². The first kappa shape index (κ1) is 16.0. The number of carbonyl (C=O) groups excluding carboxylic acids is 1. The van der Waals surface area contributed by atoms with Crippen LogP contribution in [0.15, 0.2) is 30.3 Å². The van der Waals surface area contributed by atoms with Gasteiger partial charge >= 0.3 is 0 Å². The Morgan fingerprint density at radius 2 is 1.90 bits per heavy atom. The lowest BCUT2D eigenvalue weighted by atomic mass is 9.84. The van der Waals surface area contributed by atoms with Gasteiger partial charge in [0, 0.05) is 13.1 Å². The van der Waals surface area contributed by atoms with Crippen LogP contribution in [0.5, 0.6) is 0 Å². The molecule has 1 aliphatic rings. The number of amides is 1. The fraction of sp³-hybridized carbons (Fsp3) is 0.611. The topological polar surface area (TPSA) is 32.3 Å². The molecule has 1 aliphatic heterocycles. The van der Waals surface area contributed by atoms with Crippen LogP contribution in [0.2, 0.25) is 0 Å². The van der Waals surface area contributed by atoms with Gasteiger partial charge in [0.25, 0.3) is 0 Å². The standard InChI is InChI=1S/C18H28N2O/c1-4-14(2)17(15-8-6-5-7-9-15)18(21)20(3)16-10-12-19-13-11-16/h5-9,14,16-17,19H,4,10-13H2,1-3H3. The summed E-state index contributed by atoms with van der Waals surface area (Å²) in [6.45, 7) is 6.38. The van der Waals surface area contributed by atoms with Crippen molar-refractivity contribution >= 4 is 5.91 Å². The number of hydrogen-bond donors (Lipinski definition) is 1. The van der Waals surface area contributed by atoms with E-state index in [1.165, 1.54) is 0 Å². The first-order valence-corrected chi connectivity index (χ1v) is 8.17. The van der Waals surface area contributed by atoms with E-state index in [-0.39, 0.29) is 11.8 Å². The third-order valence-electron chi connectivity index (χ3n) is 4.84. The number of hydrogen-bond acceptors (Lipinski definition) is 2. The smallest absolute Gasteiger partial charge is 0.230 e. The molecular weight excluding hydrogens is 260 g/mol. The van der Waals surface area contributed by atoms with Crippen LogP contribution < -0.4 is 5.32 Å². The van der Waals surface area contributed by atoms with Crippen LogP contribution in [0, 0.1) is 5.92 Å². The number of likely N-dealkylation sites (N-methyl/N-ethyl adjacent to an activating group) is 1. The van der Waals surface area contributed by atoms with Gasteiger partial charge in [-0.1, -0.05) is 50.6 Å². The molecular formula is C18H28N2O. The predicted molar refractivity (Wildman–Crippen MR) is 87.3 cm³/mol. The number of piperidine rings is 1. The first-order chi connectivity index (χ1) is 10.1. The molecule has 1 aromatic rings. The fourth-order valence-electron chi connectivity index (χ4n) is 3.20. The summed E-state index contributed by atoms with van der Waals surface area (Å²) in [6, 6.07) is 10.6. The molecule has 1 heterocycles. The van der Waals surface area contributed by atoms with Gasteiger partial charge in [-0.2, -0.15) is 0 Å². The molecule has 3 heteroatoms. The first-order valence-electron chi connectivity index (χ1n) is 8.17. The maximum Gasteiger partial charge on any atom is 0.230 e. The van der Waals surface area contributed by atoms with Gasteiger partial charge in [-0.3, -0.25) is 4.79 Å². The molecule has 0 radical (unpaired) electrons. The summed E-state index contributed by atoms with van der Waals surface area (Å²) < 4.78 is 0. The summed E-state index contributed by atoms with van der Waals surface area (Å²) in [5.41, 5.74) is 1.15. The van der Waals surface area contributed by atoms with E-state index in [0.29, 0.717) is 12.0 Å². The van der Waals surface area contributed by atoms with Gasteiger partial charge in [0.1, 0.15) is 0 Å². The SMILES string of the molecule is CCC(C)C(C(=O)N(C)C1CCNCC1)c1ccccc1. The highest BCUT2D eigenvalue weighted by molar-refractivity contribution is 5.84. The molecule has 0 spiro atoms. The Kier molecular flexibility index (Phi) is 5.80.